The minimum absolute atomic E-state index is 0.00251. The second-order valence-electron chi connectivity index (χ2n) is 3.35. The summed E-state index contributed by atoms with van der Waals surface area (Å²) in [5.74, 6) is -1.15. The van der Waals surface area contributed by atoms with Gasteiger partial charge in [-0.25, -0.2) is 4.39 Å². The molecule has 1 aromatic carbocycles. The number of hydrogen-bond donors (Lipinski definition) is 1. The van der Waals surface area contributed by atoms with E-state index in [0.29, 0.717) is 0 Å². The Morgan fingerprint density at radius 2 is 2.27 bits per heavy atom. The Morgan fingerprint density at radius 1 is 1.53 bits per heavy atom. The second kappa shape index (κ2) is 3.62. The Morgan fingerprint density at radius 3 is 2.93 bits per heavy atom. The van der Waals surface area contributed by atoms with Gasteiger partial charge in [0, 0.05) is 9.58 Å². The molecule has 0 fully saturated rings. The van der Waals surface area contributed by atoms with Crippen LogP contribution in [0.5, 0.6) is 0 Å². The Bertz CT molecular complexity index is 531. The van der Waals surface area contributed by atoms with Crippen molar-refractivity contribution in [1.29, 1.82) is 0 Å². The van der Waals surface area contributed by atoms with E-state index < -0.39 is 5.97 Å². The van der Waals surface area contributed by atoms with Crippen LogP contribution in [-0.4, -0.2) is 11.1 Å². The number of aliphatic carboxylic acids is 1. The van der Waals surface area contributed by atoms with Crippen LogP contribution in [-0.2, 0) is 11.2 Å². The third-order valence-corrected chi connectivity index (χ3v) is 3.40. The number of carboxylic acids is 1. The highest BCUT2D eigenvalue weighted by molar-refractivity contribution is 7.19. The predicted octanol–water partition coefficient (Wildman–Crippen LogP) is 2.98. The molecule has 1 aromatic heterocycles. The summed E-state index contributed by atoms with van der Waals surface area (Å²) in [7, 11) is 0. The topological polar surface area (TPSA) is 37.3 Å². The highest BCUT2D eigenvalue weighted by Gasteiger charge is 2.12. The fourth-order valence-electron chi connectivity index (χ4n) is 1.62. The lowest BCUT2D eigenvalue weighted by atomic mass is 10.1. The molecule has 0 aliphatic rings. The van der Waals surface area contributed by atoms with Gasteiger partial charge >= 0.3 is 5.97 Å². The fraction of sp³-hybridized carbons (Fsp3) is 0.182. The highest BCUT2D eigenvalue weighted by atomic mass is 32.1. The molecule has 0 spiro atoms. The van der Waals surface area contributed by atoms with Crippen molar-refractivity contribution in [3.63, 3.8) is 0 Å². The maximum Gasteiger partial charge on any atom is 0.307 e. The number of benzene rings is 1. The van der Waals surface area contributed by atoms with Crippen LogP contribution in [0.4, 0.5) is 4.39 Å². The first-order valence-electron chi connectivity index (χ1n) is 4.47. The normalized spacial score (nSPS) is 10.8. The Kier molecular flexibility index (Phi) is 2.44. The quantitative estimate of drug-likeness (QED) is 0.851. The summed E-state index contributed by atoms with van der Waals surface area (Å²) < 4.78 is 13.7. The number of thiophene rings is 1. The largest absolute Gasteiger partial charge is 0.481 e. The Balaban J connectivity index is 2.63. The SMILES string of the molecule is Cc1sc2cc(F)ccc2c1CC(=O)O. The van der Waals surface area contributed by atoms with Gasteiger partial charge in [0.05, 0.1) is 6.42 Å². The molecule has 4 heteroatoms. The molecule has 0 amide bonds. The number of aryl methyl sites for hydroxylation is 1. The zero-order chi connectivity index (χ0) is 11.0. The number of rotatable bonds is 2. The third-order valence-electron chi connectivity index (χ3n) is 2.28. The van der Waals surface area contributed by atoms with E-state index in [1.165, 1.54) is 23.5 Å². The number of carbonyl (C=O) groups is 1. The zero-order valence-electron chi connectivity index (χ0n) is 8.08. The van der Waals surface area contributed by atoms with E-state index in [1.807, 2.05) is 6.92 Å². The summed E-state index contributed by atoms with van der Waals surface area (Å²) in [5.41, 5.74) is 0.794. The number of halogens is 1. The molecule has 0 atom stereocenters. The first-order chi connectivity index (χ1) is 7.08. The molecule has 78 valence electrons. The standard InChI is InChI=1S/C11H9FO2S/c1-6-9(5-11(13)14)8-3-2-7(12)4-10(8)15-6/h2-4H,5H2,1H3,(H,13,14). The molecule has 2 aromatic rings. The molecule has 2 nitrogen and oxygen atoms in total. The van der Waals surface area contributed by atoms with Gasteiger partial charge in [0.2, 0.25) is 0 Å². The summed E-state index contributed by atoms with van der Waals surface area (Å²) in [5, 5.41) is 9.60. The minimum Gasteiger partial charge on any atom is -0.481 e. The molecule has 0 unspecified atom stereocenters. The van der Waals surface area contributed by atoms with Crippen LogP contribution in [0.25, 0.3) is 10.1 Å². The van der Waals surface area contributed by atoms with Gasteiger partial charge in [-0.05, 0) is 30.0 Å². The fourth-order valence-corrected chi connectivity index (χ4v) is 2.72. The average molecular weight is 224 g/mol. The second-order valence-corrected chi connectivity index (χ2v) is 4.60. The zero-order valence-corrected chi connectivity index (χ0v) is 8.90. The molecule has 1 N–H and O–H groups in total. The van der Waals surface area contributed by atoms with E-state index in [1.54, 1.807) is 6.07 Å². The maximum absolute atomic E-state index is 12.9. The van der Waals surface area contributed by atoms with Gasteiger partial charge in [-0.1, -0.05) is 6.07 Å². The van der Waals surface area contributed by atoms with Crippen LogP contribution >= 0.6 is 11.3 Å². The molecule has 0 bridgehead atoms. The van der Waals surface area contributed by atoms with Crippen LogP contribution in [0.15, 0.2) is 18.2 Å². The summed E-state index contributed by atoms with van der Waals surface area (Å²) >= 11 is 1.43. The molecule has 1 heterocycles. The van der Waals surface area contributed by atoms with Crippen molar-refractivity contribution in [2.24, 2.45) is 0 Å². The first kappa shape index (κ1) is 10.1. The van der Waals surface area contributed by atoms with Crippen molar-refractivity contribution in [2.75, 3.05) is 0 Å². The third kappa shape index (κ3) is 1.85. The van der Waals surface area contributed by atoms with E-state index in [4.69, 9.17) is 5.11 Å². The van der Waals surface area contributed by atoms with Crippen molar-refractivity contribution in [3.05, 3.63) is 34.5 Å². The van der Waals surface area contributed by atoms with Gasteiger partial charge in [0.25, 0.3) is 0 Å². The van der Waals surface area contributed by atoms with E-state index in [9.17, 15) is 9.18 Å². The maximum atomic E-state index is 12.9. The van der Waals surface area contributed by atoms with Gasteiger partial charge in [-0.15, -0.1) is 11.3 Å². The van der Waals surface area contributed by atoms with Gasteiger partial charge in [-0.2, -0.15) is 0 Å². The van der Waals surface area contributed by atoms with E-state index >= 15 is 0 Å². The average Bonchev–Trinajstić information content (AvgIpc) is 2.41. The van der Waals surface area contributed by atoms with Crippen molar-refractivity contribution in [3.8, 4) is 0 Å². The lowest BCUT2D eigenvalue weighted by Crippen LogP contribution is -2.00. The number of carboxylic acid groups (broad SMARTS) is 1. The molecule has 0 aliphatic heterocycles. The molecule has 0 saturated heterocycles. The predicted molar refractivity (Wildman–Crippen MR) is 57.9 cm³/mol. The van der Waals surface area contributed by atoms with Gasteiger partial charge in [0.1, 0.15) is 5.82 Å². The summed E-state index contributed by atoms with van der Waals surface area (Å²) in [6, 6.07) is 4.45. The Hall–Kier alpha value is -1.42. The number of hydrogen-bond acceptors (Lipinski definition) is 2. The molecule has 0 radical (unpaired) electrons. The lowest BCUT2D eigenvalue weighted by molar-refractivity contribution is -0.136. The number of fused-ring (bicyclic) bond motifs is 1. The highest BCUT2D eigenvalue weighted by Crippen LogP contribution is 2.31. The smallest absolute Gasteiger partial charge is 0.307 e. The molecule has 0 saturated carbocycles. The summed E-state index contributed by atoms with van der Waals surface area (Å²) in [4.78, 5) is 11.6. The van der Waals surface area contributed by atoms with Crippen LogP contribution < -0.4 is 0 Å². The molecule has 2 rings (SSSR count). The monoisotopic (exact) mass is 224 g/mol. The molecule has 0 aliphatic carbocycles. The minimum atomic E-state index is -0.859. The van der Waals surface area contributed by atoms with Gasteiger partial charge in [-0.3, -0.25) is 4.79 Å². The first-order valence-corrected chi connectivity index (χ1v) is 5.29. The van der Waals surface area contributed by atoms with E-state index in [0.717, 1.165) is 20.5 Å². The van der Waals surface area contributed by atoms with Crippen molar-refractivity contribution in [2.45, 2.75) is 13.3 Å². The van der Waals surface area contributed by atoms with E-state index in [-0.39, 0.29) is 12.2 Å². The lowest BCUT2D eigenvalue weighted by Gasteiger charge is -1.96. The van der Waals surface area contributed by atoms with Crippen LogP contribution in [0.2, 0.25) is 0 Å². The molecule has 15 heavy (non-hydrogen) atoms. The van der Waals surface area contributed by atoms with Crippen LogP contribution in [0.1, 0.15) is 10.4 Å². The van der Waals surface area contributed by atoms with Gasteiger partial charge in [0.15, 0.2) is 0 Å². The molecular weight excluding hydrogens is 215 g/mol. The van der Waals surface area contributed by atoms with Crippen LogP contribution in [0, 0.1) is 12.7 Å². The van der Waals surface area contributed by atoms with Crippen LogP contribution in [0.3, 0.4) is 0 Å². The summed E-state index contributed by atoms with van der Waals surface area (Å²) in [6.07, 6.45) is -0.00251. The summed E-state index contributed by atoms with van der Waals surface area (Å²) in [6.45, 7) is 1.86. The Labute approximate surface area is 90.0 Å². The van der Waals surface area contributed by atoms with Crippen molar-refractivity contribution in [1.82, 2.24) is 0 Å². The van der Waals surface area contributed by atoms with Gasteiger partial charge < -0.3 is 5.11 Å². The van der Waals surface area contributed by atoms with Crippen molar-refractivity contribution < 1.29 is 14.3 Å². The van der Waals surface area contributed by atoms with E-state index in [2.05, 4.69) is 0 Å². The van der Waals surface area contributed by atoms with Crippen molar-refractivity contribution >= 4 is 27.4 Å². The molecular formula is C11H9FO2S.